The fourth-order valence-corrected chi connectivity index (χ4v) is 3.10. The highest BCUT2D eigenvalue weighted by molar-refractivity contribution is 5.93. The second kappa shape index (κ2) is 7.64. The van der Waals surface area contributed by atoms with Crippen LogP contribution in [0.2, 0.25) is 0 Å². The van der Waals surface area contributed by atoms with Crippen LogP contribution in [-0.2, 0) is 11.3 Å². The summed E-state index contributed by atoms with van der Waals surface area (Å²) in [6.07, 6.45) is 3.14. The Balaban J connectivity index is 1.87. The van der Waals surface area contributed by atoms with Gasteiger partial charge in [-0.1, -0.05) is 32.4 Å². The fraction of sp³-hybridized carbons (Fsp3) is 0.450. The second-order valence-corrected chi connectivity index (χ2v) is 6.37. The third-order valence-electron chi connectivity index (χ3n) is 4.85. The number of rotatable bonds is 7. The van der Waals surface area contributed by atoms with Crippen molar-refractivity contribution in [2.24, 2.45) is 10.9 Å². The van der Waals surface area contributed by atoms with E-state index in [1.165, 1.54) is 0 Å². The van der Waals surface area contributed by atoms with Crippen LogP contribution in [0.1, 0.15) is 31.5 Å². The van der Waals surface area contributed by atoms with Gasteiger partial charge in [-0.3, -0.25) is 0 Å². The quantitative estimate of drug-likeness (QED) is 0.770. The molecule has 5 heteroatoms. The Bertz CT molecular complexity index is 751. The molecule has 0 fully saturated rings. The van der Waals surface area contributed by atoms with Gasteiger partial charge in [0.25, 0.3) is 0 Å². The van der Waals surface area contributed by atoms with Crippen LogP contribution in [0.4, 0.5) is 0 Å². The van der Waals surface area contributed by atoms with Crippen molar-refractivity contribution in [2.75, 3.05) is 20.8 Å². The zero-order valence-corrected chi connectivity index (χ0v) is 15.4. The van der Waals surface area contributed by atoms with Gasteiger partial charge in [0.2, 0.25) is 5.90 Å². The number of benzene rings is 1. The van der Waals surface area contributed by atoms with Gasteiger partial charge in [0.1, 0.15) is 12.3 Å². The molecule has 0 saturated carbocycles. The lowest BCUT2D eigenvalue weighted by Gasteiger charge is -2.14. The molecule has 1 aromatic carbocycles. The van der Waals surface area contributed by atoms with Gasteiger partial charge in [0.05, 0.1) is 26.8 Å². The third kappa shape index (κ3) is 3.50. The van der Waals surface area contributed by atoms with E-state index in [1.807, 2.05) is 36.5 Å². The highest BCUT2D eigenvalue weighted by Crippen LogP contribution is 2.31. The molecule has 0 radical (unpaired) electrons. The first-order chi connectivity index (χ1) is 12.2. The highest BCUT2D eigenvalue weighted by atomic mass is 16.5. The van der Waals surface area contributed by atoms with Crippen LogP contribution in [-0.4, -0.2) is 37.3 Å². The van der Waals surface area contributed by atoms with Crippen molar-refractivity contribution in [3.8, 4) is 11.5 Å². The molecule has 3 rings (SSSR count). The van der Waals surface area contributed by atoms with Gasteiger partial charge in [-0.2, -0.15) is 0 Å². The lowest BCUT2D eigenvalue weighted by Crippen LogP contribution is -2.16. The maximum Gasteiger partial charge on any atom is 0.233 e. The number of hydrogen-bond donors (Lipinski definition) is 0. The SMILES string of the molecule is CC[C@@H](C)[C@H]1COC(c2cccn2Cc2cccc(OC)c2OC)=N1. The summed E-state index contributed by atoms with van der Waals surface area (Å²) in [4.78, 5) is 4.80. The van der Waals surface area contributed by atoms with E-state index in [0.29, 0.717) is 19.1 Å². The molecule has 0 saturated heterocycles. The van der Waals surface area contributed by atoms with E-state index >= 15 is 0 Å². The zero-order valence-electron chi connectivity index (χ0n) is 15.4. The maximum absolute atomic E-state index is 5.89. The topological polar surface area (TPSA) is 45.0 Å². The van der Waals surface area contributed by atoms with Gasteiger partial charge in [-0.25, -0.2) is 4.99 Å². The fourth-order valence-electron chi connectivity index (χ4n) is 3.10. The molecular weight excluding hydrogens is 316 g/mol. The molecule has 0 spiro atoms. The number of methoxy groups -OCH3 is 2. The highest BCUT2D eigenvalue weighted by Gasteiger charge is 2.26. The van der Waals surface area contributed by atoms with E-state index in [2.05, 4.69) is 18.4 Å². The number of nitrogens with zero attached hydrogens (tertiary/aromatic N) is 2. The minimum absolute atomic E-state index is 0.245. The van der Waals surface area contributed by atoms with Crippen molar-refractivity contribution in [3.63, 3.8) is 0 Å². The number of para-hydroxylation sites is 1. The Hall–Kier alpha value is -2.43. The van der Waals surface area contributed by atoms with Crippen LogP contribution in [0.15, 0.2) is 41.5 Å². The smallest absolute Gasteiger partial charge is 0.233 e. The first-order valence-electron chi connectivity index (χ1n) is 8.73. The molecule has 1 aromatic heterocycles. The Kier molecular flexibility index (Phi) is 5.31. The molecule has 0 amide bonds. The van der Waals surface area contributed by atoms with Crippen LogP contribution in [0.25, 0.3) is 0 Å². The Morgan fingerprint density at radius 1 is 1.24 bits per heavy atom. The zero-order chi connectivity index (χ0) is 17.8. The average molecular weight is 342 g/mol. The predicted molar refractivity (Wildman–Crippen MR) is 98.8 cm³/mol. The van der Waals surface area contributed by atoms with E-state index in [1.54, 1.807) is 14.2 Å². The van der Waals surface area contributed by atoms with Crippen molar-refractivity contribution in [1.29, 1.82) is 0 Å². The second-order valence-electron chi connectivity index (χ2n) is 6.37. The third-order valence-corrected chi connectivity index (χ3v) is 4.85. The summed E-state index contributed by atoms with van der Waals surface area (Å²) in [7, 11) is 3.32. The molecule has 1 aliphatic heterocycles. The van der Waals surface area contributed by atoms with Crippen LogP contribution in [0.3, 0.4) is 0 Å². The number of aromatic nitrogens is 1. The first-order valence-corrected chi connectivity index (χ1v) is 8.73. The summed E-state index contributed by atoms with van der Waals surface area (Å²) in [5.74, 6) is 2.76. The lowest BCUT2D eigenvalue weighted by molar-refractivity contribution is 0.281. The summed E-state index contributed by atoms with van der Waals surface area (Å²) in [6.45, 7) is 5.74. The molecular formula is C20H26N2O3. The van der Waals surface area contributed by atoms with Crippen LogP contribution in [0.5, 0.6) is 11.5 Å². The van der Waals surface area contributed by atoms with E-state index in [0.717, 1.165) is 35.1 Å². The van der Waals surface area contributed by atoms with Crippen LogP contribution >= 0.6 is 0 Å². The van der Waals surface area contributed by atoms with Crippen LogP contribution in [0, 0.1) is 5.92 Å². The van der Waals surface area contributed by atoms with Gasteiger partial charge < -0.3 is 18.8 Å². The molecule has 2 atom stereocenters. The molecule has 2 aromatic rings. The van der Waals surface area contributed by atoms with Gasteiger partial charge in [-0.15, -0.1) is 0 Å². The summed E-state index contributed by atoms with van der Waals surface area (Å²) < 4.78 is 19.0. The molecule has 1 aliphatic rings. The monoisotopic (exact) mass is 342 g/mol. The molecule has 0 unspecified atom stereocenters. The van der Waals surface area contributed by atoms with E-state index in [4.69, 9.17) is 19.2 Å². The average Bonchev–Trinajstić information content (AvgIpc) is 3.29. The molecule has 2 heterocycles. The van der Waals surface area contributed by atoms with Crippen molar-refractivity contribution in [3.05, 3.63) is 47.8 Å². The minimum atomic E-state index is 0.245. The van der Waals surface area contributed by atoms with Gasteiger partial charge in [0, 0.05) is 11.8 Å². The largest absolute Gasteiger partial charge is 0.493 e. The molecule has 0 N–H and O–H groups in total. The molecule has 0 aliphatic carbocycles. The summed E-state index contributed by atoms with van der Waals surface area (Å²) in [5, 5.41) is 0. The Labute approximate surface area is 149 Å². The van der Waals surface area contributed by atoms with Gasteiger partial charge in [-0.05, 0) is 24.1 Å². The Morgan fingerprint density at radius 3 is 2.80 bits per heavy atom. The standard InChI is InChI=1S/C20H26N2O3/c1-5-14(2)16-13-25-20(21-16)17-9-7-11-22(17)12-15-8-6-10-18(23-3)19(15)24-4/h6-11,14,16H,5,12-13H2,1-4H3/t14-,16-/m1/s1. The van der Waals surface area contributed by atoms with E-state index in [9.17, 15) is 0 Å². The maximum atomic E-state index is 5.89. The van der Waals surface area contributed by atoms with Crippen molar-refractivity contribution in [2.45, 2.75) is 32.9 Å². The predicted octanol–water partition coefficient (Wildman–Crippen LogP) is 3.75. The number of aliphatic imine (C=N–C) groups is 1. The number of hydrogen-bond acceptors (Lipinski definition) is 4. The van der Waals surface area contributed by atoms with Crippen molar-refractivity contribution in [1.82, 2.24) is 4.57 Å². The number of ether oxygens (including phenoxy) is 3. The van der Waals surface area contributed by atoms with Crippen LogP contribution < -0.4 is 9.47 Å². The normalized spacial score (nSPS) is 17.8. The lowest BCUT2D eigenvalue weighted by atomic mass is 10.0. The molecule has 5 nitrogen and oxygen atoms in total. The van der Waals surface area contributed by atoms with Crippen molar-refractivity contribution < 1.29 is 14.2 Å². The van der Waals surface area contributed by atoms with Gasteiger partial charge >= 0.3 is 0 Å². The van der Waals surface area contributed by atoms with E-state index in [-0.39, 0.29) is 6.04 Å². The Morgan fingerprint density at radius 2 is 2.08 bits per heavy atom. The minimum Gasteiger partial charge on any atom is -0.493 e. The van der Waals surface area contributed by atoms with Crippen molar-refractivity contribution >= 4 is 5.90 Å². The molecule has 25 heavy (non-hydrogen) atoms. The summed E-state index contributed by atoms with van der Waals surface area (Å²) >= 11 is 0. The summed E-state index contributed by atoms with van der Waals surface area (Å²) in [5.41, 5.74) is 2.05. The first kappa shape index (κ1) is 17.4. The summed E-state index contributed by atoms with van der Waals surface area (Å²) in [6, 6.07) is 10.2. The molecule has 134 valence electrons. The van der Waals surface area contributed by atoms with E-state index < -0.39 is 0 Å². The molecule has 0 bridgehead atoms. The van der Waals surface area contributed by atoms with Gasteiger partial charge in [0.15, 0.2) is 11.5 Å².